The molecule has 0 saturated heterocycles. The van der Waals surface area contributed by atoms with E-state index in [9.17, 15) is 22.0 Å². The first-order chi connectivity index (χ1) is 17.7. The lowest BCUT2D eigenvalue weighted by molar-refractivity contribution is 0.103. The van der Waals surface area contributed by atoms with Crippen LogP contribution in [0.3, 0.4) is 0 Å². The molecule has 0 bridgehead atoms. The molecule has 0 aliphatic rings. The highest BCUT2D eigenvalue weighted by Gasteiger charge is 2.27. The number of rotatable bonds is 10. The maximum Gasteiger partial charge on any atom is 0.316 e. The van der Waals surface area contributed by atoms with Gasteiger partial charge < -0.3 is 9.72 Å². The number of benzene rings is 1. The Bertz CT molecular complexity index is 1560. The van der Waals surface area contributed by atoms with Crippen LogP contribution >= 0.6 is 0 Å². The number of carbonyl (C=O) groups is 1. The predicted molar refractivity (Wildman–Crippen MR) is 129 cm³/mol. The lowest BCUT2D eigenvalue weighted by Crippen LogP contribution is -2.34. The van der Waals surface area contributed by atoms with Gasteiger partial charge in [-0.1, -0.05) is 0 Å². The molecule has 0 saturated carbocycles. The minimum atomic E-state index is -4.29. The molecule has 194 valence electrons. The fourth-order valence-electron chi connectivity index (χ4n) is 3.51. The fraction of sp³-hybridized carbons (Fsp3) is 0.217. The van der Waals surface area contributed by atoms with Crippen molar-refractivity contribution in [2.45, 2.75) is 6.42 Å². The van der Waals surface area contributed by atoms with Crippen molar-refractivity contribution in [1.82, 2.24) is 24.2 Å². The van der Waals surface area contributed by atoms with Crippen LogP contribution in [0.25, 0.3) is 22.2 Å². The van der Waals surface area contributed by atoms with Crippen molar-refractivity contribution < 1.29 is 31.1 Å². The molecule has 0 amide bonds. The van der Waals surface area contributed by atoms with E-state index in [4.69, 9.17) is 4.74 Å². The Labute approximate surface area is 209 Å². The number of methoxy groups -OCH3 is 1. The highest BCUT2D eigenvalue weighted by Crippen LogP contribution is 2.29. The van der Waals surface area contributed by atoms with E-state index in [1.807, 2.05) is 4.72 Å². The second-order valence-corrected chi connectivity index (χ2v) is 9.64. The van der Waals surface area contributed by atoms with E-state index in [0.29, 0.717) is 11.1 Å². The quantitative estimate of drug-likeness (QED) is 0.298. The van der Waals surface area contributed by atoms with Crippen LogP contribution in [0.15, 0.2) is 43.0 Å². The zero-order valence-corrected chi connectivity index (χ0v) is 20.4. The van der Waals surface area contributed by atoms with Crippen molar-refractivity contribution >= 4 is 32.7 Å². The summed E-state index contributed by atoms with van der Waals surface area (Å²) >= 11 is 0. The zero-order chi connectivity index (χ0) is 26.7. The first-order valence-electron chi connectivity index (χ1n) is 10.8. The molecule has 0 aliphatic heterocycles. The number of H-pyrrole nitrogens is 1. The van der Waals surface area contributed by atoms with Crippen LogP contribution in [0, 0.1) is 11.6 Å². The number of halogens is 3. The summed E-state index contributed by atoms with van der Waals surface area (Å²) in [6.07, 6.45) is 5.68. The van der Waals surface area contributed by atoms with Gasteiger partial charge in [0.25, 0.3) is 0 Å². The molecule has 0 fully saturated rings. The third-order valence-electron chi connectivity index (χ3n) is 5.49. The van der Waals surface area contributed by atoms with Gasteiger partial charge in [0, 0.05) is 60.5 Å². The summed E-state index contributed by atoms with van der Waals surface area (Å²) in [5, 5.41) is 0.272. The summed E-state index contributed by atoms with van der Waals surface area (Å²) in [7, 11) is -1.69. The van der Waals surface area contributed by atoms with Gasteiger partial charge in [0.1, 0.15) is 11.5 Å². The average Bonchev–Trinajstić information content (AvgIpc) is 3.32. The maximum absolute atomic E-state index is 15.3. The van der Waals surface area contributed by atoms with Gasteiger partial charge in [-0.3, -0.25) is 13.9 Å². The number of pyridine rings is 1. The van der Waals surface area contributed by atoms with E-state index in [1.54, 1.807) is 6.07 Å². The molecule has 3 heterocycles. The maximum atomic E-state index is 15.3. The van der Waals surface area contributed by atoms with Crippen molar-refractivity contribution in [1.29, 1.82) is 0 Å². The fourth-order valence-corrected chi connectivity index (χ4v) is 4.47. The van der Waals surface area contributed by atoms with Gasteiger partial charge in [-0.05, 0) is 24.6 Å². The molecule has 1 aromatic carbocycles. The summed E-state index contributed by atoms with van der Waals surface area (Å²) in [5.74, 6) is -3.61. The lowest BCUT2D eigenvalue weighted by Gasteiger charge is -2.18. The monoisotopic (exact) mass is 534 g/mol. The molecule has 0 unspecified atom stereocenters. The van der Waals surface area contributed by atoms with E-state index in [2.05, 4.69) is 19.9 Å². The summed E-state index contributed by atoms with van der Waals surface area (Å²) in [4.78, 5) is 28.4. The molecular weight excluding hydrogens is 513 g/mol. The number of ketones is 1. The highest BCUT2D eigenvalue weighted by atomic mass is 32.2. The van der Waals surface area contributed by atoms with E-state index < -0.39 is 45.6 Å². The lowest BCUT2D eigenvalue weighted by atomic mass is 10.0. The first kappa shape index (κ1) is 26.0. The summed E-state index contributed by atoms with van der Waals surface area (Å²) in [6.45, 7) is -0.902. The van der Waals surface area contributed by atoms with Crippen LogP contribution in [0.4, 0.5) is 18.9 Å². The molecule has 0 atom stereocenters. The third kappa shape index (κ3) is 5.24. The van der Waals surface area contributed by atoms with Crippen LogP contribution in [-0.2, 0) is 10.2 Å². The number of ether oxygens (including phenoxy) is 1. The topological polar surface area (TPSA) is 130 Å². The first-order valence-corrected chi connectivity index (χ1v) is 12.3. The Morgan fingerprint density at radius 2 is 1.84 bits per heavy atom. The molecule has 2 N–H and O–H groups in total. The molecule has 10 nitrogen and oxygen atoms in total. The number of anilines is 1. The summed E-state index contributed by atoms with van der Waals surface area (Å²) in [5.41, 5.74) is -0.301. The molecule has 0 spiro atoms. The van der Waals surface area contributed by atoms with Crippen LogP contribution in [0.5, 0.6) is 6.01 Å². The number of alkyl halides is 1. The molecule has 0 aliphatic carbocycles. The smallest absolute Gasteiger partial charge is 0.316 e. The number of carbonyl (C=O) groups excluding carboxylic acids is 1. The minimum absolute atomic E-state index is 0.0632. The van der Waals surface area contributed by atoms with Gasteiger partial charge in [-0.25, -0.2) is 23.7 Å². The second kappa shape index (κ2) is 10.5. The van der Waals surface area contributed by atoms with Gasteiger partial charge in [0.15, 0.2) is 5.82 Å². The molecule has 4 aromatic rings. The number of hydrogen-bond acceptors (Lipinski definition) is 7. The number of fused-ring (bicyclic) bond motifs is 1. The van der Waals surface area contributed by atoms with Gasteiger partial charge in [0.05, 0.1) is 25.0 Å². The summed E-state index contributed by atoms with van der Waals surface area (Å²) < 4.78 is 75.0. The van der Waals surface area contributed by atoms with Crippen molar-refractivity contribution in [3.63, 3.8) is 0 Å². The van der Waals surface area contributed by atoms with Crippen molar-refractivity contribution in [3.05, 3.63) is 65.7 Å². The van der Waals surface area contributed by atoms with Gasteiger partial charge in [-0.15, -0.1) is 0 Å². The van der Waals surface area contributed by atoms with E-state index >= 15 is 4.39 Å². The number of aromatic amines is 1. The van der Waals surface area contributed by atoms with E-state index in [-0.39, 0.29) is 35.6 Å². The van der Waals surface area contributed by atoms with Crippen LogP contribution in [0.1, 0.15) is 22.3 Å². The SMILES string of the molecule is COc1ncc(-c2cnc3[nH]cc(C(=O)c4c(F)ccc(NS(=O)(=O)N(C)CCCF)c4F)c3c2)cn1. The van der Waals surface area contributed by atoms with Crippen molar-refractivity contribution in [2.24, 2.45) is 0 Å². The van der Waals surface area contributed by atoms with Crippen LogP contribution in [-0.4, -0.2) is 65.8 Å². The highest BCUT2D eigenvalue weighted by molar-refractivity contribution is 7.90. The largest absolute Gasteiger partial charge is 0.467 e. The molecule has 3 aromatic heterocycles. The standard InChI is InChI=1S/C23H21F3N6O4S/c1-32(7-3-6-24)37(34,35)31-18-5-4-17(25)19(20(18)26)21(33)16-12-28-22-15(16)8-13(9-27-22)14-10-29-23(36-2)30-11-14/h4-5,8-12,31H,3,6-7H2,1-2H3,(H,27,28). The van der Waals surface area contributed by atoms with Gasteiger partial charge in [-0.2, -0.15) is 12.7 Å². The molecular formula is C23H21F3N6O4S. The number of nitrogens with one attached hydrogen (secondary N) is 2. The molecule has 4 rings (SSSR count). The molecule has 14 heteroatoms. The second-order valence-electron chi connectivity index (χ2n) is 7.87. The van der Waals surface area contributed by atoms with Crippen LogP contribution < -0.4 is 9.46 Å². The normalized spacial score (nSPS) is 11.7. The Kier molecular flexibility index (Phi) is 7.40. The third-order valence-corrected chi connectivity index (χ3v) is 6.97. The number of hydrogen-bond donors (Lipinski definition) is 2. The Hall–Kier alpha value is -4.04. The number of nitrogens with zero attached hydrogens (tertiary/aromatic N) is 4. The average molecular weight is 535 g/mol. The van der Waals surface area contributed by atoms with Crippen LogP contribution in [0.2, 0.25) is 0 Å². The predicted octanol–water partition coefficient (Wildman–Crippen LogP) is 3.49. The Morgan fingerprint density at radius 1 is 1.14 bits per heavy atom. The molecule has 37 heavy (non-hydrogen) atoms. The van der Waals surface area contributed by atoms with Gasteiger partial charge >= 0.3 is 16.2 Å². The molecule has 0 radical (unpaired) electrons. The Morgan fingerprint density at radius 3 is 2.51 bits per heavy atom. The number of aromatic nitrogens is 4. The Balaban J connectivity index is 1.71. The zero-order valence-electron chi connectivity index (χ0n) is 19.6. The van der Waals surface area contributed by atoms with Crippen molar-refractivity contribution in [3.8, 4) is 17.1 Å². The van der Waals surface area contributed by atoms with Crippen molar-refractivity contribution in [2.75, 3.05) is 32.1 Å². The van der Waals surface area contributed by atoms with Gasteiger partial charge in [0.2, 0.25) is 5.78 Å². The minimum Gasteiger partial charge on any atom is -0.467 e. The summed E-state index contributed by atoms with van der Waals surface area (Å²) in [6, 6.07) is 3.38. The van der Waals surface area contributed by atoms with E-state index in [1.165, 1.54) is 38.9 Å². The van der Waals surface area contributed by atoms with E-state index in [0.717, 1.165) is 16.4 Å².